The number of halogens is 1. The molecule has 1 heterocycles. The Kier molecular flexibility index (Phi) is 3.95. The van der Waals surface area contributed by atoms with Crippen molar-refractivity contribution in [3.63, 3.8) is 0 Å². The zero-order chi connectivity index (χ0) is 8.97. The summed E-state index contributed by atoms with van der Waals surface area (Å²) in [6.07, 6.45) is 0.375. The van der Waals surface area contributed by atoms with Gasteiger partial charge in [-0.25, -0.2) is 4.39 Å². The van der Waals surface area contributed by atoms with Crippen LogP contribution in [0.25, 0.3) is 0 Å². The van der Waals surface area contributed by atoms with E-state index >= 15 is 0 Å². The molecule has 2 nitrogen and oxygen atoms in total. The molecule has 0 amide bonds. The van der Waals surface area contributed by atoms with Gasteiger partial charge in [0, 0.05) is 19.6 Å². The molecule has 0 aromatic carbocycles. The van der Waals surface area contributed by atoms with Crippen molar-refractivity contribution in [3.05, 3.63) is 0 Å². The van der Waals surface area contributed by atoms with E-state index in [0.717, 1.165) is 19.7 Å². The summed E-state index contributed by atoms with van der Waals surface area (Å²) in [6.45, 7) is 7.12. The summed E-state index contributed by atoms with van der Waals surface area (Å²) >= 11 is 0. The van der Waals surface area contributed by atoms with Crippen LogP contribution in [0, 0.1) is 0 Å². The second kappa shape index (κ2) is 4.77. The van der Waals surface area contributed by atoms with Crippen LogP contribution in [0.5, 0.6) is 0 Å². The van der Waals surface area contributed by atoms with E-state index in [1.54, 1.807) is 0 Å². The van der Waals surface area contributed by atoms with E-state index in [-0.39, 0.29) is 6.10 Å². The zero-order valence-corrected chi connectivity index (χ0v) is 7.92. The summed E-state index contributed by atoms with van der Waals surface area (Å²) in [5, 5.41) is 0. The highest BCUT2D eigenvalue weighted by molar-refractivity contribution is 4.74. The van der Waals surface area contributed by atoms with Crippen LogP contribution in [0.3, 0.4) is 0 Å². The number of hydrogen-bond acceptors (Lipinski definition) is 2. The molecule has 0 spiro atoms. The van der Waals surface area contributed by atoms with Crippen LogP contribution < -0.4 is 0 Å². The molecule has 1 saturated heterocycles. The van der Waals surface area contributed by atoms with Crippen LogP contribution in [-0.4, -0.2) is 43.4 Å². The van der Waals surface area contributed by atoms with Crippen LogP contribution in [0.1, 0.15) is 20.3 Å². The predicted octanol–water partition coefficient (Wildman–Crippen LogP) is 1.46. The Morgan fingerprint density at radius 1 is 1.58 bits per heavy atom. The highest BCUT2D eigenvalue weighted by Gasteiger charge is 2.20. The lowest BCUT2D eigenvalue weighted by Gasteiger charge is -2.15. The fraction of sp³-hybridized carbons (Fsp3) is 1.00. The van der Waals surface area contributed by atoms with Gasteiger partial charge in [-0.2, -0.15) is 0 Å². The predicted molar refractivity (Wildman–Crippen MR) is 47.0 cm³/mol. The first-order chi connectivity index (χ1) is 5.68. The van der Waals surface area contributed by atoms with Crippen LogP contribution in [-0.2, 0) is 4.74 Å². The third-order valence-corrected chi connectivity index (χ3v) is 2.07. The molecule has 0 aromatic heterocycles. The monoisotopic (exact) mass is 175 g/mol. The molecule has 1 atom stereocenters. The van der Waals surface area contributed by atoms with E-state index < -0.39 is 6.17 Å². The normalized spacial score (nSPS) is 25.5. The van der Waals surface area contributed by atoms with Crippen molar-refractivity contribution >= 4 is 0 Å². The van der Waals surface area contributed by atoms with Gasteiger partial charge >= 0.3 is 0 Å². The van der Waals surface area contributed by atoms with Crippen molar-refractivity contribution in [2.24, 2.45) is 0 Å². The molecule has 0 bridgehead atoms. The number of hydrogen-bond donors (Lipinski definition) is 0. The van der Waals surface area contributed by atoms with Gasteiger partial charge in [0.25, 0.3) is 0 Å². The maximum atomic E-state index is 12.7. The average molecular weight is 175 g/mol. The van der Waals surface area contributed by atoms with Gasteiger partial charge in [-0.1, -0.05) is 0 Å². The molecule has 0 unspecified atom stereocenters. The summed E-state index contributed by atoms with van der Waals surface area (Å²) in [5.74, 6) is 0. The standard InChI is InChI=1S/C9H18FNO/c1-8(2)12-6-5-11-4-3-9(10)7-11/h8-9H,3-7H2,1-2H3/t9-/m0/s1. The Bertz CT molecular complexity index is 130. The van der Waals surface area contributed by atoms with Gasteiger partial charge < -0.3 is 4.74 Å². The summed E-state index contributed by atoms with van der Waals surface area (Å²) < 4.78 is 18.1. The van der Waals surface area contributed by atoms with E-state index in [1.807, 2.05) is 13.8 Å². The third-order valence-electron chi connectivity index (χ3n) is 2.07. The van der Waals surface area contributed by atoms with E-state index in [2.05, 4.69) is 4.90 Å². The van der Waals surface area contributed by atoms with Gasteiger partial charge in [0.1, 0.15) is 6.17 Å². The highest BCUT2D eigenvalue weighted by Crippen LogP contribution is 2.11. The first-order valence-corrected chi connectivity index (χ1v) is 4.66. The van der Waals surface area contributed by atoms with Crippen molar-refractivity contribution in [2.75, 3.05) is 26.2 Å². The van der Waals surface area contributed by atoms with Gasteiger partial charge in [0.15, 0.2) is 0 Å². The van der Waals surface area contributed by atoms with E-state index in [0.29, 0.717) is 13.0 Å². The number of rotatable bonds is 4. The number of nitrogens with zero attached hydrogens (tertiary/aromatic N) is 1. The molecule has 0 N–H and O–H groups in total. The molecule has 0 saturated carbocycles. The first kappa shape index (κ1) is 9.93. The Balaban J connectivity index is 2.00. The smallest absolute Gasteiger partial charge is 0.114 e. The maximum absolute atomic E-state index is 12.7. The molecule has 1 aliphatic rings. The van der Waals surface area contributed by atoms with Crippen molar-refractivity contribution in [3.8, 4) is 0 Å². The zero-order valence-electron chi connectivity index (χ0n) is 7.92. The molecule has 3 heteroatoms. The van der Waals surface area contributed by atoms with Crippen molar-refractivity contribution in [1.29, 1.82) is 0 Å². The molecular formula is C9H18FNO. The Morgan fingerprint density at radius 2 is 2.33 bits per heavy atom. The van der Waals surface area contributed by atoms with Gasteiger partial charge in [0.05, 0.1) is 12.7 Å². The van der Waals surface area contributed by atoms with Gasteiger partial charge in [0.2, 0.25) is 0 Å². The minimum atomic E-state index is -0.607. The second-order valence-electron chi connectivity index (χ2n) is 3.61. The summed E-state index contributed by atoms with van der Waals surface area (Å²) in [6, 6.07) is 0. The molecule has 1 fully saturated rings. The van der Waals surface area contributed by atoms with Gasteiger partial charge in [-0.3, -0.25) is 4.90 Å². The lowest BCUT2D eigenvalue weighted by Crippen LogP contribution is -2.26. The van der Waals surface area contributed by atoms with Crippen molar-refractivity contribution < 1.29 is 9.13 Å². The molecule has 0 radical (unpaired) electrons. The van der Waals surface area contributed by atoms with E-state index in [1.165, 1.54) is 0 Å². The minimum absolute atomic E-state index is 0.286. The van der Waals surface area contributed by atoms with Crippen LogP contribution in [0.15, 0.2) is 0 Å². The Hall–Kier alpha value is -0.150. The number of alkyl halides is 1. The van der Waals surface area contributed by atoms with Crippen LogP contribution in [0.4, 0.5) is 4.39 Å². The van der Waals surface area contributed by atoms with E-state index in [9.17, 15) is 4.39 Å². The average Bonchev–Trinajstić information content (AvgIpc) is 2.35. The third kappa shape index (κ3) is 3.50. The van der Waals surface area contributed by atoms with E-state index in [4.69, 9.17) is 4.74 Å². The molecular weight excluding hydrogens is 157 g/mol. The molecule has 72 valence electrons. The molecule has 12 heavy (non-hydrogen) atoms. The highest BCUT2D eigenvalue weighted by atomic mass is 19.1. The molecule has 1 rings (SSSR count). The van der Waals surface area contributed by atoms with Crippen molar-refractivity contribution in [2.45, 2.75) is 32.5 Å². The number of likely N-dealkylation sites (tertiary alicyclic amines) is 1. The lowest BCUT2D eigenvalue weighted by atomic mass is 10.3. The maximum Gasteiger partial charge on any atom is 0.114 e. The first-order valence-electron chi connectivity index (χ1n) is 4.66. The Morgan fingerprint density at radius 3 is 2.83 bits per heavy atom. The summed E-state index contributed by atoms with van der Waals surface area (Å²) in [7, 11) is 0. The quantitative estimate of drug-likeness (QED) is 0.641. The molecule has 1 aliphatic heterocycles. The van der Waals surface area contributed by atoms with Crippen molar-refractivity contribution in [1.82, 2.24) is 4.90 Å². The Labute approximate surface area is 73.7 Å². The largest absolute Gasteiger partial charge is 0.377 e. The fourth-order valence-electron chi connectivity index (χ4n) is 1.41. The number of ether oxygens (including phenoxy) is 1. The minimum Gasteiger partial charge on any atom is -0.377 e. The fourth-order valence-corrected chi connectivity index (χ4v) is 1.41. The molecule has 0 aliphatic carbocycles. The summed E-state index contributed by atoms with van der Waals surface area (Å²) in [5.41, 5.74) is 0. The van der Waals surface area contributed by atoms with Crippen LogP contribution in [0.2, 0.25) is 0 Å². The molecule has 0 aromatic rings. The van der Waals surface area contributed by atoms with Gasteiger partial charge in [-0.15, -0.1) is 0 Å². The lowest BCUT2D eigenvalue weighted by molar-refractivity contribution is 0.0625. The van der Waals surface area contributed by atoms with Crippen LogP contribution >= 0.6 is 0 Å². The summed E-state index contributed by atoms with van der Waals surface area (Å²) in [4.78, 5) is 2.12. The second-order valence-corrected chi connectivity index (χ2v) is 3.61. The van der Waals surface area contributed by atoms with Gasteiger partial charge in [-0.05, 0) is 20.3 Å². The SMILES string of the molecule is CC(C)OCCN1CC[C@H](F)C1. The topological polar surface area (TPSA) is 12.5 Å².